The third-order valence-electron chi connectivity index (χ3n) is 4.81. The fraction of sp³-hybridized carbons (Fsp3) is 0.318. The van der Waals surface area contributed by atoms with Gasteiger partial charge in [-0.25, -0.2) is 18.9 Å². The molecule has 9 heteroatoms. The van der Waals surface area contributed by atoms with Gasteiger partial charge in [0.2, 0.25) is 0 Å². The molecular weight excluding hydrogens is 439 g/mol. The average molecular weight is 463 g/mol. The Hall–Kier alpha value is -2.58. The molecule has 0 bridgehead atoms. The molecule has 0 spiro atoms. The van der Waals surface area contributed by atoms with Crippen molar-refractivity contribution in [2.45, 2.75) is 50.1 Å². The number of hydrogen-bond donors (Lipinski definition) is 2. The number of nitrogens with zero attached hydrogens (tertiary/aromatic N) is 3. The van der Waals surface area contributed by atoms with Crippen molar-refractivity contribution < 1.29 is 14.3 Å². The Kier molecular flexibility index (Phi) is 6.91. The van der Waals surface area contributed by atoms with E-state index in [0.29, 0.717) is 23.0 Å². The summed E-state index contributed by atoms with van der Waals surface area (Å²) in [6.07, 6.45) is 0.970. The van der Waals surface area contributed by atoms with E-state index < -0.39 is 6.09 Å². The normalized spacial score (nSPS) is 12.6. The van der Waals surface area contributed by atoms with Crippen molar-refractivity contribution in [2.24, 2.45) is 5.41 Å². The van der Waals surface area contributed by atoms with Gasteiger partial charge in [-0.3, -0.25) is 0 Å². The molecule has 1 unspecified atom stereocenters. The van der Waals surface area contributed by atoms with Crippen molar-refractivity contribution >= 4 is 29.5 Å². The Morgan fingerprint density at radius 2 is 2.03 bits per heavy atom. The van der Waals surface area contributed by atoms with Gasteiger partial charge in [-0.2, -0.15) is 5.10 Å². The van der Waals surface area contributed by atoms with Crippen LogP contribution in [0.1, 0.15) is 32.0 Å². The minimum atomic E-state index is -1.08. The van der Waals surface area contributed by atoms with Gasteiger partial charge in [-0.05, 0) is 48.2 Å². The van der Waals surface area contributed by atoms with E-state index >= 15 is 0 Å². The number of carboxylic acid groups (broad SMARTS) is 1. The second-order valence-electron chi connectivity index (χ2n) is 8.31. The van der Waals surface area contributed by atoms with Crippen molar-refractivity contribution in [1.82, 2.24) is 20.1 Å². The maximum atomic E-state index is 14.0. The highest BCUT2D eigenvalue weighted by atomic mass is 35.5. The molecule has 0 saturated heterocycles. The van der Waals surface area contributed by atoms with Crippen LogP contribution in [0.25, 0.3) is 5.69 Å². The molecule has 0 aliphatic carbocycles. The lowest BCUT2D eigenvalue weighted by Gasteiger charge is -2.29. The van der Waals surface area contributed by atoms with Gasteiger partial charge >= 0.3 is 6.09 Å². The van der Waals surface area contributed by atoms with Gasteiger partial charge < -0.3 is 10.4 Å². The van der Waals surface area contributed by atoms with Crippen LogP contribution < -0.4 is 5.32 Å². The Morgan fingerprint density at radius 3 is 2.65 bits per heavy atom. The van der Waals surface area contributed by atoms with Crippen LogP contribution in [-0.4, -0.2) is 32.0 Å². The summed E-state index contributed by atoms with van der Waals surface area (Å²) in [6, 6.07) is 9.64. The summed E-state index contributed by atoms with van der Waals surface area (Å²) < 4.78 is 15.7. The Labute approximate surface area is 189 Å². The second kappa shape index (κ2) is 9.28. The minimum Gasteiger partial charge on any atom is -0.465 e. The molecule has 3 rings (SSSR count). The van der Waals surface area contributed by atoms with E-state index in [2.05, 4.69) is 10.3 Å². The lowest BCUT2D eigenvalue weighted by molar-refractivity contribution is 0.174. The standard InChI is InChI=1S/C22H24ClFN4O2S/c1-13-5-6-14(24)9-17(13)28-20(31-16-7-8-19(23)25-12-16)11-15(27-28)10-18(22(2,3)4)26-21(29)30/h5-9,11-12,18,26H,10H2,1-4H3,(H,29,30). The Balaban J connectivity index is 2.03. The minimum absolute atomic E-state index is 0.315. The number of halogens is 2. The molecule has 6 nitrogen and oxygen atoms in total. The summed E-state index contributed by atoms with van der Waals surface area (Å²) in [5.41, 5.74) is 1.86. The van der Waals surface area contributed by atoms with Crippen LogP contribution in [0.3, 0.4) is 0 Å². The van der Waals surface area contributed by atoms with Crippen LogP contribution in [0.4, 0.5) is 9.18 Å². The predicted molar refractivity (Wildman–Crippen MR) is 120 cm³/mol. The fourth-order valence-corrected chi connectivity index (χ4v) is 4.06. The highest BCUT2D eigenvalue weighted by Gasteiger charge is 2.28. The van der Waals surface area contributed by atoms with E-state index in [9.17, 15) is 14.3 Å². The van der Waals surface area contributed by atoms with Gasteiger partial charge in [0.15, 0.2) is 0 Å². The number of rotatable bonds is 6. The SMILES string of the molecule is Cc1ccc(F)cc1-n1nc(CC(NC(=O)O)C(C)(C)C)cc1Sc1ccc(Cl)nc1. The first-order valence-electron chi connectivity index (χ1n) is 9.67. The van der Waals surface area contributed by atoms with E-state index in [1.165, 1.54) is 23.9 Å². The molecule has 2 N–H and O–H groups in total. The first-order valence-corrected chi connectivity index (χ1v) is 10.9. The van der Waals surface area contributed by atoms with Crippen molar-refractivity contribution in [2.75, 3.05) is 0 Å². The van der Waals surface area contributed by atoms with Gasteiger partial charge in [0.05, 0.1) is 11.4 Å². The first kappa shape index (κ1) is 23.1. The smallest absolute Gasteiger partial charge is 0.404 e. The van der Waals surface area contributed by atoms with Crippen LogP contribution in [0.15, 0.2) is 52.5 Å². The molecular formula is C22H24ClFN4O2S. The summed E-state index contributed by atoms with van der Waals surface area (Å²) in [4.78, 5) is 16.2. The topological polar surface area (TPSA) is 80.0 Å². The number of aromatic nitrogens is 3. The van der Waals surface area contributed by atoms with Crippen molar-refractivity contribution in [1.29, 1.82) is 0 Å². The molecule has 1 amide bonds. The van der Waals surface area contributed by atoms with E-state index in [1.54, 1.807) is 23.0 Å². The lowest BCUT2D eigenvalue weighted by Crippen LogP contribution is -2.44. The van der Waals surface area contributed by atoms with Gasteiger partial charge in [-0.1, -0.05) is 50.2 Å². The van der Waals surface area contributed by atoms with E-state index in [4.69, 9.17) is 16.7 Å². The Bertz CT molecular complexity index is 1080. The number of carbonyl (C=O) groups is 1. The highest BCUT2D eigenvalue weighted by Crippen LogP contribution is 2.32. The predicted octanol–water partition coefficient (Wildman–Crippen LogP) is 5.74. The number of hydrogen-bond acceptors (Lipinski definition) is 4. The summed E-state index contributed by atoms with van der Waals surface area (Å²) in [5.74, 6) is -0.359. The maximum Gasteiger partial charge on any atom is 0.404 e. The largest absolute Gasteiger partial charge is 0.465 e. The van der Waals surface area contributed by atoms with Crippen LogP contribution in [0.2, 0.25) is 5.15 Å². The molecule has 2 heterocycles. The fourth-order valence-electron chi connectivity index (χ4n) is 3.04. The molecule has 2 aromatic heterocycles. The van der Waals surface area contributed by atoms with Crippen molar-refractivity contribution in [3.8, 4) is 5.69 Å². The van der Waals surface area contributed by atoms with Crippen molar-refractivity contribution in [3.63, 3.8) is 0 Å². The van der Waals surface area contributed by atoms with Crippen LogP contribution >= 0.6 is 23.4 Å². The lowest BCUT2D eigenvalue weighted by atomic mass is 9.84. The zero-order valence-corrected chi connectivity index (χ0v) is 19.3. The molecule has 0 fully saturated rings. The number of aryl methyl sites for hydroxylation is 1. The van der Waals surface area contributed by atoms with Crippen molar-refractivity contribution in [3.05, 3.63) is 64.8 Å². The summed E-state index contributed by atoms with van der Waals surface area (Å²) in [5, 5.41) is 17.7. The monoisotopic (exact) mass is 462 g/mol. The number of benzene rings is 1. The summed E-state index contributed by atoms with van der Waals surface area (Å²) >= 11 is 7.31. The quantitative estimate of drug-likeness (QED) is 0.456. The third-order valence-corrected chi connectivity index (χ3v) is 6.01. The molecule has 0 aliphatic rings. The van der Waals surface area contributed by atoms with E-state index in [1.807, 2.05) is 39.8 Å². The van der Waals surface area contributed by atoms with Gasteiger partial charge in [0.1, 0.15) is 16.0 Å². The van der Waals surface area contributed by atoms with E-state index in [0.717, 1.165) is 15.5 Å². The average Bonchev–Trinajstić information content (AvgIpc) is 3.06. The first-order chi connectivity index (χ1) is 14.5. The van der Waals surface area contributed by atoms with Gasteiger partial charge in [0.25, 0.3) is 0 Å². The molecule has 0 aliphatic heterocycles. The summed E-state index contributed by atoms with van der Waals surface area (Å²) in [6.45, 7) is 7.79. The van der Waals surface area contributed by atoms with E-state index in [-0.39, 0.29) is 17.3 Å². The number of pyridine rings is 1. The molecule has 0 radical (unpaired) electrons. The summed E-state index contributed by atoms with van der Waals surface area (Å²) in [7, 11) is 0. The number of nitrogens with one attached hydrogen (secondary N) is 1. The third kappa shape index (κ3) is 5.98. The Morgan fingerprint density at radius 1 is 1.29 bits per heavy atom. The molecule has 0 saturated carbocycles. The second-order valence-corrected chi connectivity index (χ2v) is 9.79. The zero-order chi connectivity index (χ0) is 22.8. The maximum absolute atomic E-state index is 14.0. The molecule has 164 valence electrons. The molecule has 31 heavy (non-hydrogen) atoms. The van der Waals surface area contributed by atoms with Crippen LogP contribution in [0, 0.1) is 18.2 Å². The molecule has 3 aromatic rings. The van der Waals surface area contributed by atoms with Crippen LogP contribution in [0.5, 0.6) is 0 Å². The van der Waals surface area contributed by atoms with Crippen LogP contribution in [-0.2, 0) is 6.42 Å². The number of amides is 1. The zero-order valence-electron chi connectivity index (χ0n) is 17.7. The van der Waals surface area contributed by atoms with Gasteiger partial charge in [-0.15, -0.1) is 0 Å². The highest BCUT2D eigenvalue weighted by molar-refractivity contribution is 7.99. The van der Waals surface area contributed by atoms with Gasteiger partial charge in [0, 0.05) is 23.6 Å². The molecule has 1 atom stereocenters. The molecule has 1 aromatic carbocycles.